The maximum atomic E-state index is 13.9. The predicted molar refractivity (Wildman–Crippen MR) is 74.0 cm³/mol. The number of rotatable bonds is 3. The summed E-state index contributed by atoms with van der Waals surface area (Å²) in [6.45, 7) is 1.86. The number of nitrogens with zero attached hydrogens (tertiary/aromatic N) is 1. The van der Waals surface area contributed by atoms with Crippen molar-refractivity contribution in [2.24, 2.45) is 5.84 Å². The minimum atomic E-state index is -0.604. The Kier molecular flexibility index (Phi) is 3.99. The Labute approximate surface area is 115 Å². The van der Waals surface area contributed by atoms with E-state index in [1.54, 1.807) is 12.3 Å². The summed E-state index contributed by atoms with van der Waals surface area (Å²) in [6, 6.07) is 5.48. The predicted octanol–water partition coefficient (Wildman–Crippen LogP) is 2.32. The number of nitrogen functional groups attached to an aromatic ring is 1. The van der Waals surface area contributed by atoms with Crippen molar-refractivity contribution < 1.29 is 4.39 Å². The molecule has 0 radical (unpaired) electrons. The first-order valence-electron chi connectivity index (χ1n) is 5.66. The van der Waals surface area contributed by atoms with Crippen LogP contribution in [0.3, 0.4) is 0 Å². The molecule has 1 heterocycles. The Morgan fingerprint density at radius 1 is 1.37 bits per heavy atom. The molecule has 100 valence electrons. The van der Waals surface area contributed by atoms with Gasteiger partial charge in [0.05, 0.1) is 6.04 Å². The van der Waals surface area contributed by atoms with Gasteiger partial charge in [-0.05, 0) is 36.8 Å². The molecule has 2 aromatic rings. The van der Waals surface area contributed by atoms with E-state index in [-0.39, 0.29) is 0 Å². The summed E-state index contributed by atoms with van der Waals surface area (Å²) in [7, 11) is 0. The van der Waals surface area contributed by atoms with Gasteiger partial charge in [0, 0.05) is 22.3 Å². The number of nitrogens with one attached hydrogen (secondary N) is 1. The van der Waals surface area contributed by atoms with E-state index in [4.69, 9.17) is 23.2 Å². The average molecular weight is 281 g/mol. The number of hydrazine groups is 1. The summed E-state index contributed by atoms with van der Waals surface area (Å²) in [5, 5.41) is 0.428. The van der Waals surface area contributed by atoms with Crippen LogP contribution in [0.1, 0.15) is 22.7 Å². The molecule has 1 unspecified atom stereocenters. The fourth-order valence-electron chi connectivity index (χ4n) is 2.03. The molecule has 2 rings (SSSR count). The Balaban J connectivity index is 2.59. The molecule has 1 aromatic carbocycles. The summed E-state index contributed by atoms with van der Waals surface area (Å²) >= 11 is 5.90. The largest absolute Gasteiger partial charge is 0.383 e. The van der Waals surface area contributed by atoms with Gasteiger partial charge in [0.25, 0.3) is 0 Å². The third-order valence-electron chi connectivity index (χ3n) is 2.96. The van der Waals surface area contributed by atoms with E-state index in [0.717, 1.165) is 5.56 Å². The van der Waals surface area contributed by atoms with Crippen molar-refractivity contribution in [3.63, 3.8) is 0 Å². The third-order valence-corrected chi connectivity index (χ3v) is 3.20. The summed E-state index contributed by atoms with van der Waals surface area (Å²) in [5.74, 6) is 5.45. The van der Waals surface area contributed by atoms with E-state index < -0.39 is 11.9 Å². The van der Waals surface area contributed by atoms with Crippen LogP contribution in [0, 0.1) is 12.7 Å². The molecular formula is C13H14ClFN4. The fourth-order valence-corrected chi connectivity index (χ4v) is 2.21. The minimum Gasteiger partial charge on any atom is -0.383 e. The summed E-state index contributed by atoms with van der Waals surface area (Å²) in [6.07, 6.45) is 1.59. The summed E-state index contributed by atoms with van der Waals surface area (Å²) in [4.78, 5) is 4.01. The number of anilines is 1. The van der Waals surface area contributed by atoms with Gasteiger partial charge in [-0.1, -0.05) is 11.6 Å². The molecule has 1 aromatic heterocycles. The third kappa shape index (κ3) is 2.68. The lowest BCUT2D eigenvalue weighted by molar-refractivity contribution is 0.559. The van der Waals surface area contributed by atoms with Gasteiger partial charge in [-0.2, -0.15) is 0 Å². The lowest BCUT2D eigenvalue weighted by atomic mass is 9.96. The molecule has 0 fully saturated rings. The van der Waals surface area contributed by atoms with E-state index in [1.165, 1.54) is 18.2 Å². The molecular weight excluding hydrogens is 267 g/mol. The van der Waals surface area contributed by atoms with Crippen molar-refractivity contribution in [1.29, 1.82) is 0 Å². The summed E-state index contributed by atoms with van der Waals surface area (Å²) < 4.78 is 13.9. The molecule has 0 aliphatic rings. The average Bonchev–Trinajstić information content (AvgIpc) is 2.37. The number of nitrogens with two attached hydrogens (primary N) is 2. The van der Waals surface area contributed by atoms with E-state index >= 15 is 0 Å². The van der Waals surface area contributed by atoms with Crippen LogP contribution in [0.5, 0.6) is 0 Å². The first-order valence-corrected chi connectivity index (χ1v) is 6.04. The number of aryl methyl sites for hydroxylation is 1. The second-order valence-electron chi connectivity index (χ2n) is 4.19. The van der Waals surface area contributed by atoms with Crippen molar-refractivity contribution in [1.82, 2.24) is 10.4 Å². The van der Waals surface area contributed by atoms with Crippen molar-refractivity contribution in [3.8, 4) is 0 Å². The Morgan fingerprint density at radius 3 is 2.74 bits per heavy atom. The zero-order chi connectivity index (χ0) is 14.0. The monoisotopic (exact) mass is 280 g/mol. The molecule has 0 bridgehead atoms. The van der Waals surface area contributed by atoms with Crippen molar-refractivity contribution in [3.05, 3.63) is 58.0 Å². The van der Waals surface area contributed by atoms with Gasteiger partial charge in [0.15, 0.2) is 0 Å². The maximum Gasteiger partial charge on any atom is 0.128 e. The molecule has 6 heteroatoms. The van der Waals surface area contributed by atoms with E-state index in [0.29, 0.717) is 22.0 Å². The molecule has 0 aliphatic carbocycles. The summed E-state index contributed by atoms with van der Waals surface area (Å²) in [5.41, 5.74) is 10.3. The Hall–Kier alpha value is -1.69. The second kappa shape index (κ2) is 5.52. The lowest BCUT2D eigenvalue weighted by Crippen LogP contribution is -2.31. The molecule has 0 saturated carbocycles. The van der Waals surface area contributed by atoms with Crippen LogP contribution in [0.25, 0.3) is 0 Å². The Bertz CT molecular complexity index is 583. The highest BCUT2D eigenvalue weighted by molar-refractivity contribution is 6.30. The molecule has 1 atom stereocenters. The lowest BCUT2D eigenvalue weighted by Gasteiger charge is -2.21. The Morgan fingerprint density at radius 2 is 2.11 bits per heavy atom. The number of aromatic nitrogens is 1. The molecule has 0 aliphatic heterocycles. The number of halogens is 2. The van der Waals surface area contributed by atoms with Gasteiger partial charge in [0.2, 0.25) is 0 Å². The molecule has 19 heavy (non-hydrogen) atoms. The van der Waals surface area contributed by atoms with E-state index in [1.807, 2.05) is 6.92 Å². The van der Waals surface area contributed by atoms with Crippen LogP contribution in [-0.2, 0) is 0 Å². The highest BCUT2D eigenvalue weighted by atomic mass is 35.5. The quantitative estimate of drug-likeness (QED) is 0.596. The van der Waals surface area contributed by atoms with Gasteiger partial charge in [-0.3, -0.25) is 5.84 Å². The number of hydrogen-bond donors (Lipinski definition) is 3. The minimum absolute atomic E-state index is 0.308. The van der Waals surface area contributed by atoms with Gasteiger partial charge in [0.1, 0.15) is 11.6 Å². The standard InChI is InChI=1S/C13H14ClFN4/c1-7-4-5-18-13(16)11(7)12(19-17)9-6-8(14)2-3-10(9)15/h2-6,12,19H,17H2,1H3,(H2,16,18). The van der Waals surface area contributed by atoms with Crippen LogP contribution in [0.15, 0.2) is 30.5 Å². The zero-order valence-corrected chi connectivity index (χ0v) is 11.1. The highest BCUT2D eigenvalue weighted by Gasteiger charge is 2.21. The molecule has 0 amide bonds. The number of benzene rings is 1. The van der Waals surface area contributed by atoms with E-state index in [9.17, 15) is 4.39 Å². The number of pyridine rings is 1. The van der Waals surface area contributed by atoms with Gasteiger partial charge in [-0.15, -0.1) is 0 Å². The maximum absolute atomic E-state index is 13.9. The SMILES string of the molecule is Cc1ccnc(N)c1C(NN)c1cc(Cl)ccc1F. The van der Waals surface area contributed by atoms with Crippen molar-refractivity contribution >= 4 is 17.4 Å². The second-order valence-corrected chi connectivity index (χ2v) is 4.63. The van der Waals surface area contributed by atoms with Crippen LogP contribution in [0.4, 0.5) is 10.2 Å². The fraction of sp³-hybridized carbons (Fsp3) is 0.154. The van der Waals surface area contributed by atoms with Crippen LogP contribution in [-0.4, -0.2) is 4.98 Å². The van der Waals surface area contributed by atoms with Crippen molar-refractivity contribution in [2.75, 3.05) is 5.73 Å². The van der Waals surface area contributed by atoms with Crippen molar-refractivity contribution in [2.45, 2.75) is 13.0 Å². The molecule has 0 spiro atoms. The zero-order valence-electron chi connectivity index (χ0n) is 10.3. The number of hydrogen-bond acceptors (Lipinski definition) is 4. The van der Waals surface area contributed by atoms with Crippen LogP contribution >= 0.6 is 11.6 Å². The molecule has 5 N–H and O–H groups in total. The normalized spacial score (nSPS) is 12.4. The first kappa shape index (κ1) is 13.7. The van der Waals surface area contributed by atoms with Crippen LogP contribution < -0.4 is 17.0 Å². The van der Waals surface area contributed by atoms with Gasteiger partial charge < -0.3 is 5.73 Å². The van der Waals surface area contributed by atoms with E-state index in [2.05, 4.69) is 10.4 Å². The van der Waals surface area contributed by atoms with Crippen LogP contribution in [0.2, 0.25) is 5.02 Å². The molecule has 0 saturated heterocycles. The van der Waals surface area contributed by atoms with Gasteiger partial charge in [-0.25, -0.2) is 14.8 Å². The van der Waals surface area contributed by atoms with Gasteiger partial charge >= 0.3 is 0 Å². The topological polar surface area (TPSA) is 77.0 Å². The first-order chi connectivity index (χ1) is 9.04. The highest BCUT2D eigenvalue weighted by Crippen LogP contribution is 2.30. The smallest absolute Gasteiger partial charge is 0.128 e. The molecule has 4 nitrogen and oxygen atoms in total.